The smallest absolute Gasteiger partial charge is 0.279 e. The van der Waals surface area contributed by atoms with Crippen molar-refractivity contribution >= 4 is 25.5 Å². The summed E-state index contributed by atoms with van der Waals surface area (Å²) >= 11 is 0. The summed E-state index contributed by atoms with van der Waals surface area (Å²) < 4.78 is 50.7. The summed E-state index contributed by atoms with van der Waals surface area (Å²) in [5.74, 6) is 0.333. The number of aromatic amines is 1. The first-order valence-corrected chi connectivity index (χ1v) is 9.26. The Kier molecular flexibility index (Phi) is 4.06. The van der Waals surface area contributed by atoms with Gasteiger partial charge in [0.05, 0.1) is 22.5 Å². The quantitative estimate of drug-likeness (QED) is 0.859. The molecular weight excluding hydrogens is 314 g/mol. The number of benzene rings is 1. The number of anilines is 1. The Morgan fingerprint density at radius 1 is 1.19 bits per heavy atom. The highest BCUT2D eigenvalue weighted by molar-refractivity contribution is 7.93. The highest BCUT2D eigenvalue weighted by atomic mass is 32.2. The fraction of sp³-hybridized carbons (Fsp3) is 0.250. The van der Waals surface area contributed by atoms with Crippen molar-refractivity contribution in [1.82, 2.24) is 9.97 Å². The molecule has 0 saturated carbocycles. The van der Waals surface area contributed by atoms with Crippen molar-refractivity contribution < 1.29 is 16.8 Å². The van der Waals surface area contributed by atoms with E-state index in [1.165, 1.54) is 25.3 Å². The third-order valence-electron chi connectivity index (χ3n) is 2.82. The first-order valence-electron chi connectivity index (χ1n) is 6.12. The molecule has 0 aliphatic rings. The van der Waals surface area contributed by atoms with Gasteiger partial charge in [-0.25, -0.2) is 13.4 Å². The monoisotopic (exact) mass is 329 g/mol. The van der Waals surface area contributed by atoms with E-state index in [-0.39, 0.29) is 21.4 Å². The molecule has 9 heteroatoms. The number of nitrogens with one attached hydrogen (secondary N) is 2. The zero-order chi connectivity index (χ0) is 15.7. The first-order chi connectivity index (χ1) is 9.76. The number of aromatic nitrogens is 2. The van der Waals surface area contributed by atoms with Gasteiger partial charge in [0.1, 0.15) is 5.82 Å². The molecule has 0 unspecified atom stereocenters. The summed E-state index contributed by atoms with van der Waals surface area (Å²) in [7, 11) is -7.45. The lowest BCUT2D eigenvalue weighted by atomic mass is 10.3. The van der Waals surface area contributed by atoms with Crippen LogP contribution in [0.15, 0.2) is 40.4 Å². The van der Waals surface area contributed by atoms with E-state index in [1.807, 2.05) is 0 Å². The van der Waals surface area contributed by atoms with Gasteiger partial charge in [0.2, 0.25) is 0 Å². The van der Waals surface area contributed by atoms with Crippen LogP contribution in [-0.2, 0) is 19.9 Å². The van der Waals surface area contributed by atoms with Crippen molar-refractivity contribution in [3.8, 4) is 0 Å². The first kappa shape index (κ1) is 15.5. The van der Waals surface area contributed by atoms with Gasteiger partial charge in [-0.15, -0.1) is 0 Å². The molecule has 0 radical (unpaired) electrons. The zero-order valence-corrected chi connectivity index (χ0v) is 13.1. The van der Waals surface area contributed by atoms with Gasteiger partial charge in [0.25, 0.3) is 10.0 Å². The average molecular weight is 329 g/mol. The number of H-pyrrole nitrogens is 1. The number of para-hydroxylation sites is 1. The molecule has 0 fully saturated rings. The van der Waals surface area contributed by atoms with E-state index in [9.17, 15) is 16.8 Å². The van der Waals surface area contributed by atoms with E-state index in [1.54, 1.807) is 19.1 Å². The maximum absolute atomic E-state index is 12.2. The van der Waals surface area contributed by atoms with Crippen molar-refractivity contribution in [2.45, 2.75) is 23.8 Å². The van der Waals surface area contributed by atoms with Crippen molar-refractivity contribution in [2.24, 2.45) is 0 Å². The Hall–Kier alpha value is -1.87. The van der Waals surface area contributed by atoms with Crippen LogP contribution in [0.25, 0.3) is 0 Å². The van der Waals surface area contributed by atoms with Crippen LogP contribution in [0.1, 0.15) is 12.7 Å². The molecule has 7 nitrogen and oxygen atoms in total. The predicted octanol–water partition coefficient (Wildman–Crippen LogP) is 1.31. The fourth-order valence-corrected chi connectivity index (χ4v) is 3.88. The van der Waals surface area contributed by atoms with Crippen LogP contribution in [0.2, 0.25) is 0 Å². The molecule has 1 aromatic carbocycles. The number of aryl methyl sites for hydroxylation is 1. The maximum Gasteiger partial charge on any atom is 0.279 e. The van der Waals surface area contributed by atoms with Crippen molar-refractivity contribution in [2.75, 3.05) is 10.5 Å². The van der Waals surface area contributed by atoms with E-state index in [0.29, 0.717) is 5.82 Å². The molecule has 1 aromatic heterocycles. The van der Waals surface area contributed by atoms with Crippen LogP contribution in [0, 0.1) is 6.92 Å². The van der Waals surface area contributed by atoms with Gasteiger partial charge in [0, 0.05) is 0 Å². The molecule has 2 N–H and O–H groups in total. The molecule has 1 heterocycles. The minimum absolute atomic E-state index is 0.0200. The fourth-order valence-electron chi connectivity index (χ4n) is 1.71. The van der Waals surface area contributed by atoms with Crippen LogP contribution in [0.4, 0.5) is 5.69 Å². The molecule has 21 heavy (non-hydrogen) atoms. The molecule has 0 amide bonds. The number of hydrogen-bond donors (Lipinski definition) is 2. The maximum atomic E-state index is 12.2. The molecule has 2 rings (SSSR count). The number of rotatable bonds is 5. The predicted molar refractivity (Wildman–Crippen MR) is 78.3 cm³/mol. The molecule has 114 valence electrons. The minimum atomic E-state index is -3.92. The summed E-state index contributed by atoms with van der Waals surface area (Å²) in [5.41, 5.74) is 0.0200. The summed E-state index contributed by atoms with van der Waals surface area (Å²) in [6.07, 6.45) is 1.18. The molecule has 0 spiro atoms. The Balaban J connectivity index is 2.46. The van der Waals surface area contributed by atoms with Crippen LogP contribution >= 0.6 is 0 Å². The van der Waals surface area contributed by atoms with Gasteiger partial charge < -0.3 is 4.98 Å². The summed E-state index contributed by atoms with van der Waals surface area (Å²) in [6, 6.07) is 5.88. The SMILES string of the molecule is CCS(=O)(=O)c1ccccc1NS(=O)(=O)c1cnc(C)[nH]1. The molecule has 2 aromatic rings. The number of sulfone groups is 1. The van der Waals surface area contributed by atoms with Gasteiger partial charge in [-0.05, 0) is 19.1 Å². The van der Waals surface area contributed by atoms with Crippen molar-refractivity contribution in [3.63, 3.8) is 0 Å². The largest absolute Gasteiger partial charge is 0.332 e. The van der Waals surface area contributed by atoms with E-state index in [4.69, 9.17) is 0 Å². The molecule has 0 bridgehead atoms. The van der Waals surface area contributed by atoms with E-state index >= 15 is 0 Å². The molecule has 0 aliphatic carbocycles. The van der Waals surface area contributed by atoms with Gasteiger partial charge >= 0.3 is 0 Å². The molecule has 0 aliphatic heterocycles. The normalized spacial score (nSPS) is 12.3. The summed E-state index contributed by atoms with van der Waals surface area (Å²) in [6.45, 7) is 3.12. The number of hydrogen-bond acceptors (Lipinski definition) is 5. The highest BCUT2D eigenvalue weighted by Gasteiger charge is 2.22. The van der Waals surface area contributed by atoms with E-state index < -0.39 is 19.9 Å². The van der Waals surface area contributed by atoms with Gasteiger partial charge in [-0.2, -0.15) is 8.42 Å². The minimum Gasteiger partial charge on any atom is -0.332 e. The Bertz CT molecular complexity index is 854. The zero-order valence-electron chi connectivity index (χ0n) is 11.5. The van der Waals surface area contributed by atoms with Gasteiger partial charge in [-0.3, -0.25) is 4.72 Å². The second kappa shape index (κ2) is 5.49. The molecular formula is C12H15N3O4S2. The third kappa shape index (κ3) is 3.24. The van der Waals surface area contributed by atoms with E-state index in [0.717, 1.165) is 0 Å². The lowest BCUT2D eigenvalue weighted by Crippen LogP contribution is -2.16. The highest BCUT2D eigenvalue weighted by Crippen LogP contribution is 2.24. The summed E-state index contributed by atoms with van der Waals surface area (Å²) in [4.78, 5) is 6.37. The second-order valence-corrected chi connectivity index (χ2v) is 8.24. The standard InChI is InChI=1S/C12H15N3O4S2/c1-3-20(16,17)11-7-5-4-6-10(11)15-21(18,19)12-8-13-9(2)14-12/h4-8,15H,3H2,1-2H3,(H,13,14). The van der Waals surface area contributed by atoms with Crippen molar-refractivity contribution in [1.29, 1.82) is 0 Å². The Morgan fingerprint density at radius 3 is 2.43 bits per heavy atom. The third-order valence-corrected chi connectivity index (χ3v) is 5.88. The average Bonchev–Trinajstić information content (AvgIpc) is 2.86. The summed E-state index contributed by atoms with van der Waals surface area (Å²) in [5, 5.41) is -0.122. The number of nitrogens with zero attached hydrogens (tertiary/aromatic N) is 1. The lowest BCUT2D eigenvalue weighted by Gasteiger charge is -2.11. The number of sulfonamides is 1. The number of imidazole rings is 1. The Labute approximate surface area is 123 Å². The topological polar surface area (TPSA) is 109 Å². The van der Waals surface area contributed by atoms with Crippen LogP contribution in [0.5, 0.6) is 0 Å². The van der Waals surface area contributed by atoms with E-state index in [2.05, 4.69) is 14.7 Å². The van der Waals surface area contributed by atoms with Crippen LogP contribution in [-0.4, -0.2) is 32.6 Å². The van der Waals surface area contributed by atoms with Gasteiger partial charge in [-0.1, -0.05) is 19.1 Å². The van der Waals surface area contributed by atoms with Gasteiger partial charge in [0.15, 0.2) is 14.9 Å². The van der Waals surface area contributed by atoms with Crippen LogP contribution < -0.4 is 4.72 Å². The second-order valence-electron chi connectivity index (χ2n) is 4.34. The Morgan fingerprint density at radius 2 is 1.86 bits per heavy atom. The molecule has 0 saturated heterocycles. The lowest BCUT2D eigenvalue weighted by molar-refractivity contribution is 0.597. The molecule has 0 atom stereocenters. The van der Waals surface area contributed by atoms with Crippen LogP contribution in [0.3, 0.4) is 0 Å². The van der Waals surface area contributed by atoms with Crippen molar-refractivity contribution in [3.05, 3.63) is 36.3 Å².